The van der Waals surface area contributed by atoms with Crippen molar-refractivity contribution in [3.8, 4) is 0 Å². The summed E-state index contributed by atoms with van der Waals surface area (Å²) in [4.78, 5) is 32.0. The number of allylic oxidation sites excluding steroid dienone is 1. The van der Waals surface area contributed by atoms with Crippen LogP contribution in [0.2, 0.25) is 0 Å². The van der Waals surface area contributed by atoms with E-state index in [0.29, 0.717) is 18.5 Å². The highest BCUT2D eigenvalue weighted by Gasteiger charge is 2.26. The maximum Gasteiger partial charge on any atom is 0.272 e. The van der Waals surface area contributed by atoms with Crippen LogP contribution in [-0.4, -0.2) is 27.8 Å². The zero-order valence-corrected chi connectivity index (χ0v) is 11.6. The number of carbonyl (C=O) groups is 2. The SMILES string of the molecule is C=C1CCC(NC(=O)c2cnc(C(C)C)cn2)C(=O)N1. The lowest BCUT2D eigenvalue weighted by Gasteiger charge is -2.24. The molecule has 2 heterocycles. The van der Waals surface area contributed by atoms with E-state index in [-0.39, 0.29) is 23.4 Å². The van der Waals surface area contributed by atoms with Crippen LogP contribution in [0.25, 0.3) is 0 Å². The molecule has 1 unspecified atom stereocenters. The molecule has 2 N–H and O–H groups in total. The third-order valence-electron chi connectivity index (χ3n) is 3.15. The fourth-order valence-corrected chi connectivity index (χ4v) is 1.90. The number of hydrogen-bond donors (Lipinski definition) is 2. The lowest BCUT2D eigenvalue weighted by Crippen LogP contribution is -2.49. The van der Waals surface area contributed by atoms with Crippen molar-refractivity contribution in [2.24, 2.45) is 0 Å². The van der Waals surface area contributed by atoms with Gasteiger partial charge in [-0.05, 0) is 18.8 Å². The van der Waals surface area contributed by atoms with Gasteiger partial charge in [-0.3, -0.25) is 14.6 Å². The first-order valence-electron chi connectivity index (χ1n) is 6.59. The molecular weight excluding hydrogens is 256 g/mol. The Balaban J connectivity index is 2.01. The van der Waals surface area contributed by atoms with Crippen molar-refractivity contribution in [2.75, 3.05) is 0 Å². The normalized spacial score (nSPS) is 18.9. The van der Waals surface area contributed by atoms with Gasteiger partial charge in [0, 0.05) is 11.9 Å². The summed E-state index contributed by atoms with van der Waals surface area (Å²) < 4.78 is 0. The molecule has 20 heavy (non-hydrogen) atoms. The first-order chi connectivity index (χ1) is 9.47. The van der Waals surface area contributed by atoms with E-state index in [1.54, 1.807) is 6.20 Å². The lowest BCUT2D eigenvalue weighted by atomic mass is 10.0. The predicted octanol–water partition coefficient (Wildman–Crippen LogP) is 1.12. The van der Waals surface area contributed by atoms with Crippen molar-refractivity contribution in [3.05, 3.63) is 36.1 Å². The van der Waals surface area contributed by atoms with Crippen LogP contribution in [0, 0.1) is 0 Å². The molecule has 0 aliphatic carbocycles. The molecule has 0 aromatic carbocycles. The molecule has 6 nitrogen and oxygen atoms in total. The van der Waals surface area contributed by atoms with Crippen molar-refractivity contribution in [1.29, 1.82) is 0 Å². The number of amides is 2. The van der Waals surface area contributed by atoms with Gasteiger partial charge in [-0.2, -0.15) is 0 Å². The second kappa shape index (κ2) is 5.81. The molecule has 1 saturated heterocycles. The summed E-state index contributed by atoms with van der Waals surface area (Å²) in [6.45, 7) is 7.70. The monoisotopic (exact) mass is 274 g/mol. The fourth-order valence-electron chi connectivity index (χ4n) is 1.90. The molecule has 106 valence electrons. The van der Waals surface area contributed by atoms with E-state index in [1.165, 1.54) is 6.20 Å². The zero-order chi connectivity index (χ0) is 14.7. The predicted molar refractivity (Wildman–Crippen MR) is 73.9 cm³/mol. The molecule has 1 aromatic heterocycles. The van der Waals surface area contributed by atoms with E-state index in [4.69, 9.17) is 0 Å². The van der Waals surface area contributed by atoms with E-state index in [2.05, 4.69) is 27.2 Å². The average molecular weight is 274 g/mol. The molecule has 6 heteroatoms. The number of hydrogen-bond acceptors (Lipinski definition) is 4. The maximum absolute atomic E-state index is 12.0. The number of aromatic nitrogens is 2. The summed E-state index contributed by atoms with van der Waals surface area (Å²) in [6.07, 6.45) is 4.23. The summed E-state index contributed by atoms with van der Waals surface area (Å²) in [5, 5.41) is 5.29. The Kier molecular flexibility index (Phi) is 4.12. The third-order valence-corrected chi connectivity index (χ3v) is 3.15. The van der Waals surface area contributed by atoms with Crippen LogP contribution in [0.3, 0.4) is 0 Å². The summed E-state index contributed by atoms with van der Waals surface area (Å²) in [5.74, 6) is -0.364. The highest BCUT2D eigenvalue weighted by atomic mass is 16.2. The molecule has 0 radical (unpaired) electrons. The van der Waals surface area contributed by atoms with Crippen LogP contribution < -0.4 is 10.6 Å². The summed E-state index contributed by atoms with van der Waals surface area (Å²) in [7, 11) is 0. The number of carbonyl (C=O) groups excluding carboxylic acids is 2. The average Bonchev–Trinajstić information content (AvgIpc) is 2.42. The highest BCUT2D eigenvalue weighted by Crippen LogP contribution is 2.12. The maximum atomic E-state index is 12.0. The highest BCUT2D eigenvalue weighted by molar-refractivity contribution is 5.96. The van der Waals surface area contributed by atoms with Crippen molar-refractivity contribution >= 4 is 11.8 Å². The van der Waals surface area contributed by atoms with Crippen LogP contribution in [0.1, 0.15) is 48.8 Å². The van der Waals surface area contributed by atoms with Gasteiger partial charge in [0.1, 0.15) is 11.7 Å². The molecule has 0 saturated carbocycles. The van der Waals surface area contributed by atoms with Crippen LogP contribution in [0.5, 0.6) is 0 Å². The molecule has 0 spiro atoms. The van der Waals surface area contributed by atoms with Gasteiger partial charge in [-0.15, -0.1) is 0 Å². The van der Waals surface area contributed by atoms with E-state index < -0.39 is 6.04 Å². The van der Waals surface area contributed by atoms with Gasteiger partial charge in [-0.25, -0.2) is 4.98 Å². The van der Waals surface area contributed by atoms with Crippen molar-refractivity contribution in [3.63, 3.8) is 0 Å². The number of nitrogens with one attached hydrogen (secondary N) is 2. The first-order valence-corrected chi connectivity index (χ1v) is 6.59. The Hall–Kier alpha value is -2.24. The molecule has 2 amide bonds. The van der Waals surface area contributed by atoms with Gasteiger partial charge in [0.2, 0.25) is 5.91 Å². The van der Waals surface area contributed by atoms with Gasteiger partial charge in [0.05, 0.1) is 11.9 Å². The van der Waals surface area contributed by atoms with Crippen LogP contribution in [-0.2, 0) is 4.79 Å². The second-order valence-corrected chi connectivity index (χ2v) is 5.14. The number of piperidine rings is 1. The largest absolute Gasteiger partial charge is 0.339 e. The minimum atomic E-state index is -0.542. The smallest absolute Gasteiger partial charge is 0.272 e. The molecule has 1 atom stereocenters. The molecular formula is C14H18N4O2. The Morgan fingerprint density at radius 2 is 2.20 bits per heavy atom. The Labute approximate surface area is 117 Å². The summed E-state index contributed by atoms with van der Waals surface area (Å²) in [6, 6.07) is -0.542. The van der Waals surface area contributed by atoms with E-state index in [9.17, 15) is 9.59 Å². The zero-order valence-electron chi connectivity index (χ0n) is 11.6. The summed E-state index contributed by atoms with van der Waals surface area (Å²) >= 11 is 0. The molecule has 2 rings (SSSR count). The molecule has 1 aliphatic heterocycles. The second-order valence-electron chi connectivity index (χ2n) is 5.14. The number of rotatable bonds is 3. The molecule has 0 bridgehead atoms. The fraction of sp³-hybridized carbons (Fsp3) is 0.429. The van der Waals surface area contributed by atoms with E-state index in [0.717, 1.165) is 5.69 Å². The minimum Gasteiger partial charge on any atom is -0.339 e. The van der Waals surface area contributed by atoms with Crippen molar-refractivity contribution in [2.45, 2.75) is 38.6 Å². The standard InChI is InChI=1S/C14H18N4O2/c1-8(2)11-6-16-12(7-15-11)14(20)18-10-5-4-9(3)17-13(10)19/h6-8,10H,3-5H2,1-2H3,(H,17,19)(H,18,20). The topological polar surface area (TPSA) is 84.0 Å². The number of nitrogens with zero attached hydrogens (tertiary/aromatic N) is 2. The van der Waals surface area contributed by atoms with Crippen LogP contribution >= 0.6 is 0 Å². The van der Waals surface area contributed by atoms with Crippen LogP contribution in [0.15, 0.2) is 24.7 Å². The van der Waals surface area contributed by atoms with Gasteiger partial charge in [-0.1, -0.05) is 20.4 Å². The Morgan fingerprint density at radius 1 is 1.45 bits per heavy atom. The minimum absolute atomic E-state index is 0.214. The van der Waals surface area contributed by atoms with Gasteiger partial charge >= 0.3 is 0 Å². The quantitative estimate of drug-likeness (QED) is 0.865. The van der Waals surface area contributed by atoms with Crippen LogP contribution in [0.4, 0.5) is 0 Å². The summed E-state index contributed by atoms with van der Waals surface area (Å²) in [5.41, 5.74) is 1.72. The molecule has 1 aliphatic rings. The Morgan fingerprint density at radius 3 is 2.75 bits per heavy atom. The first kappa shape index (κ1) is 14.2. The van der Waals surface area contributed by atoms with E-state index >= 15 is 0 Å². The Bertz CT molecular complexity index is 537. The van der Waals surface area contributed by atoms with Gasteiger partial charge in [0.15, 0.2) is 0 Å². The van der Waals surface area contributed by atoms with Gasteiger partial charge < -0.3 is 10.6 Å². The van der Waals surface area contributed by atoms with Crippen molar-refractivity contribution in [1.82, 2.24) is 20.6 Å². The van der Waals surface area contributed by atoms with Gasteiger partial charge in [0.25, 0.3) is 5.91 Å². The van der Waals surface area contributed by atoms with E-state index in [1.807, 2.05) is 13.8 Å². The lowest BCUT2D eigenvalue weighted by molar-refractivity contribution is -0.123. The molecule has 1 aromatic rings. The third kappa shape index (κ3) is 3.20. The van der Waals surface area contributed by atoms with Crippen molar-refractivity contribution < 1.29 is 9.59 Å². The molecule has 1 fully saturated rings.